The highest BCUT2D eigenvalue weighted by Gasteiger charge is 2.26. The van der Waals surface area contributed by atoms with Gasteiger partial charge in [0, 0.05) is 31.0 Å². The Hall–Kier alpha value is -4.47. The number of hydrogen-bond acceptors (Lipinski definition) is 5. The Balaban J connectivity index is 1.36. The molecular formula is C35H37N3O5S. The zero-order valence-corrected chi connectivity index (χ0v) is 25.3. The number of aryl methyl sites for hydroxylation is 1. The van der Waals surface area contributed by atoms with Gasteiger partial charge in [-0.05, 0) is 46.9 Å². The highest BCUT2D eigenvalue weighted by molar-refractivity contribution is 7.94. The number of ether oxygens (including phenoxy) is 1. The minimum absolute atomic E-state index is 0.181. The lowest BCUT2D eigenvalue weighted by Gasteiger charge is -2.29. The molecule has 44 heavy (non-hydrogen) atoms. The van der Waals surface area contributed by atoms with Crippen LogP contribution in [0.25, 0.3) is 10.8 Å². The summed E-state index contributed by atoms with van der Waals surface area (Å²) in [7, 11) is -3.79. The summed E-state index contributed by atoms with van der Waals surface area (Å²) in [6.45, 7) is 1.78. The van der Waals surface area contributed by atoms with Crippen molar-refractivity contribution in [1.29, 1.82) is 0 Å². The van der Waals surface area contributed by atoms with Crippen LogP contribution < -0.4 is 10.6 Å². The number of carbonyl (C=O) groups is 2. The molecule has 0 spiro atoms. The molecule has 0 saturated carbocycles. The van der Waals surface area contributed by atoms with Gasteiger partial charge in [0.2, 0.25) is 5.91 Å². The van der Waals surface area contributed by atoms with Crippen molar-refractivity contribution in [2.75, 3.05) is 26.3 Å². The lowest BCUT2D eigenvalue weighted by Crippen LogP contribution is -2.55. The number of rotatable bonds is 11. The number of fused-ring (bicyclic) bond motifs is 1. The van der Waals surface area contributed by atoms with Gasteiger partial charge in [-0.3, -0.25) is 4.79 Å². The van der Waals surface area contributed by atoms with Gasteiger partial charge in [-0.1, -0.05) is 97.1 Å². The maximum Gasteiger partial charge on any atom is 0.318 e. The SMILES string of the molecule is O=C(N[C@H](C=CS(=O)(=O)c1ccc2ccccc2c1)CCc1ccccc1)[C@H](Cc1ccccc1)NC(=O)N1CCOCC1. The predicted octanol–water partition coefficient (Wildman–Crippen LogP) is 4.90. The molecule has 1 saturated heterocycles. The van der Waals surface area contributed by atoms with Crippen LogP contribution in [-0.4, -0.2) is 63.6 Å². The molecular weight excluding hydrogens is 574 g/mol. The van der Waals surface area contributed by atoms with E-state index in [1.54, 1.807) is 23.1 Å². The molecule has 1 aliphatic rings. The Bertz CT molecular complexity index is 1690. The van der Waals surface area contributed by atoms with Gasteiger partial charge in [0.05, 0.1) is 18.1 Å². The van der Waals surface area contributed by atoms with E-state index in [9.17, 15) is 18.0 Å². The quantitative estimate of drug-likeness (QED) is 0.251. The fourth-order valence-electron chi connectivity index (χ4n) is 5.15. The summed E-state index contributed by atoms with van der Waals surface area (Å²) in [6.07, 6.45) is 2.91. The molecule has 0 unspecified atom stereocenters. The number of morpholine rings is 1. The van der Waals surface area contributed by atoms with E-state index in [4.69, 9.17) is 4.74 Å². The molecule has 3 amide bonds. The van der Waals surface area contributed by atoms with E-state index in [1.165, 1.54) is 11.5 Å². The first-order chi connectivity index (χ1) is 21.4. The normalized spacial score (nSPS) is 15.1. The molecule has 228 valence electrons. The van der Waals surface area contributed by atoms with E-state index in [2.05, 4.69) is 10.6 Å². The standard InChI is InChI=1S/C35H37N3O5S/c39-34(33(25-28-11-5-2-6-12-28)37-35(40)38-20-22-43-23-21-38)36-31(17-15-27-9-3-1-4-10-27)19-24-44(41,42)32-18-16-29-13-7-8-14-30(29)26-32/h1-14,16,18-19,24,26,31,33H,15,17,20-23,25H2,(H,36,39)(H,37,40)/t31-,33-/m0/s1. The maximum atomic E-state index is 13.8. The zero-order valence-electron chi connectivity index (χ0n) is 24.5. The van der Waals surface area contributed by atoms with Crippen molar-refractivity contribution >= 4 is 32.5 Å². The molecule has 2 N–H and O–H groups in total. The summed E-state index contributed by atoms with van der Waals surface area (Å²) >= 11 is 0. The van der Waals surface area contributed by atoms with Gasteiger partial charge in [-0.2, -0.15) is 0 Å². The highest BCUT2D eigenvalue weighted by atomic mass is 32.2. The minimum Gasteiger partial charge on any atom is -0.378 e. The third-order valence-corrected chi connectivity index (χ3v) is 9.08. The van der Waals surface area contributed by atoms with Gasteiger partial charge < -0.3 is 20.3 Å². The second-order valence-electron chi connectivity index (χ2n) is 10.8. The lowest BCUT2D eigenvalue weighted by atomic mass is 10.0. The third-order valence-electron chi connectivity index (χ3n) is 7.65. The first-order valence-corrected chi connectivity index (χ1v) is 16.4. The lowest BCUT2D eigenvalue weighted by molar-refractivity contribution is -0.123. The molecule has 1 heterocycles. The zero-order chi connectivity index (χ0) is 30.8. The number of benzene rings is 4. The topological polar surface area (TPSA) is 105 Å². The predicted molar refractivity (Wildman–Crippen MR) is 172 cm³/mol. The smallest absolute Gasteiger partial charge is 0.318 e. The highest BCUT2D eigenvalue weighted by Crippen LogP contribution is 2.21. The largest absolute Gasteiger partial charge is 0.378 e. The molecule has 9 heteroatoms. The van der Waals surface area contributed by atoms with Crippen LogP contribution >= 0.6 is 0 Å². The average molecular weight is 612 g/mol. The van der Waals surface area contributed by atoms with Crippen LogP contribution in [0.4, 0.5) is 4.79 Å². The van der Waals surface area contributed by atoms with Gasteiger partial charge >= 0.3 is 6.03 Å². The van der Waals surface area contributed by atoms with Crippen molar-refractivity contribution in [3.63, 3.8) is 0 Å². The second kappa shape index (κ2) is 14.8. The van der Waals surface area contributed by atoms with Crippen molar-refractivity contribution < 1.29 is 22.7 Å². The van der Waals surface area contributed by atoms with Crippen molar-refractivity contribution in [1.82, 2.24) is 15.5 Å². The monoisotopic (exact) mass is 611 g/mol. The van der Waals surface area contributed by atoms with Crippen molar-refractivity contribution in [2.45, 2.75) is 36.2 Å². The molecule has 2 atom stereocenters. The second-order valence-corrected chi connectivity index (χ2v) is 12.6. The Kier molecular flexibility index (Phi) is 10.4. The van der Waals surface area contributed by atoms with Crippen molar-refractivity contribution in [3.05, 3.63) is 126 Å². The summed E-state index contributed by atoms with van der Waals surface area (Å²) in [4.78, 5) is 28.7. The summed E-state index contributed by atoms with van der Waals surface area (Å²) in [6, 6.07) is 30.1. The number of amides is 3. The van der Waals surface area contributed by atoms with Crippen LogP contribution in [0.1, 0.15) is 17.5 Å². The molecule has 4 aromatic rings. The summed E-state index contributed by atoms with van der Waals surface area (Å²) in [5, 5.41) is 8.88. The van der Waals surface area contributed by atoms with E-state index in [0.717, 1.165) is 21.9 Å². The molecule has 0 bridgehead atoms. The molecule has 0 aliphatic carbocycles. The molecule has 8 nitrogen and oxygen atoms in total. The van der Waals surface area contributed by atoms with Gasteiger partial charge in [0.1, 0.15) is 6.04 Å². The van der Waals surface area contributed by atoms with Crippen LogP contribution in [0.5, 0.6) is 0 Å². The maximum absolute atomic E-state index is 13.8. The van der Waals surface area contributed by atoms with Crippen molar-refractivity contribution in [2.24, 2.45) is 0 Å². The summed E-state index contributed by atoms with van der Waals surface area (Å²) < 4.78 is 32.1. The fourth-order valence-corrected chi connectivity index (χ4v) is 6.26. The van der Waals surface area contributed by atoms with Crippen molar-refractivity contribution in [3.8, 4) is 0 Å². The Morgan fingerprint density at radius 1 is 0.795 bits per heavy atom. The van der Waals surface area contributed by atoms with Crippen LogP contribution in [0.2, 0.25) is 0 Å². The van der Waals surface area contributed by atoms with E-state index < -0.39 is 21.9 Å². The minimum atomic E-state index is -3.79. The van der Waals surface area contributed by atoms with E-state index in [-0.39, 0.29) is 23.3 Å². The fraction of sp³-hybridized carbons (Fsp3) is 0.257. The molecule has 0 aromatic heterocycles. The molecule has 0 radical (unpaired) electrons. The third kappa shape index (κ3) is 8.55. The van der Waals surface area contributed by atoms with Crippen LogP contribution in [0.15, 0.2) is 120 Å². The molecule has 5 rings (SSSR count). The average Bonchev–Trinajstić information content (AvgIpc) is 3.06. The Morgan fingerprint density at radius 2 is 1.43 bits per heavy atom. The number of nitrogens with one attached hydrogen (secondary N) is 2. The number of urea groups is 1. The van der Waals surface area contributed by atoms with Gasteiger partial charge in [0.15, 0.2) is 9.84 Å². The first-order valence-electron chi connectivity index (χ1n) is 14.8. The van der Waals surface area contributed by atoms with Crippen LogP contribution in [0.3, 0.4) is 0 Å². The molecule has 1 aliphatic heterocycles. The number of nitrogens with zero attached hydrogens (tertiary/aromatic N) is 1. The van der Waals surface area contributed by atoms with E-state index in [1.807, 2.05) is 84.9 Å². The first kappa shape index (κ1) is 31.0. The summed E-state index contributed by atoms with van der Waals surface area (Å²) in [5.41, 5.74) is 1.96. The van der Waals surface area contributed by atoms with E-state index in [0.29, 0.717) is 39.1 Å². The van der Waals surface area contributed by atoms with Gasteiger partial charge in [-0.15, -0.1) is 0 Å². The van der Waals surface area contributed by atoms with Gasteiger partial charge in [0.25, 0.3) is 0 Å². The van der Waals surface area contributed by atoms with Crippen LogP contribution in [-0.2, 0) is 32.2 Å². The van der Waals surface area contributed by atoms with E-state index >= 15 is 0 Å². The van der Waals surface area contributed by atoms with Gasteiger partial charge in [-0.25, -0.2) is 13.2 Å². The number of carbonyl (C=O) groups excluding carboxylic acids is 2. The molecule has 4 aromatic carbocycles. The Morgan fingerprint density at radius 3 is 2.14 bits per heavy atom. The van der Waals surface area contributed by atoms with Crippen LogP contribution in [0, 0.1) is 0 Å². The number of sulfone groups is 1. The summed E-state index contributed by atoms with van der Waals surface area (Å²) in [5.74, 6) is -0.388. The molecule has 1 fully saturated rings. The number of hydrogen-bond donors (Lipinski definition) is 2. The Labute approximate surface area is 258 Å².